The summed E-state index contributed by atoms with van der Waals surface area (Å²) in [6.07, 6.45) is 6.52. The van der Waals surface area contributed by atoms with Crippen molar-refractivity contribution in [2.45, 2.75) is 6.42 Å². The highest BCUT2D eigenvalue weighted by molar-refractivity contribution is 6.11. The smallest absolute Gasteiger partial charge is 0.159 e. The van der Waals surface area contributed by atoms with Crippen LogP contribution >= 0.6 is 0 Å². The highest BCUT2D eigenvalue weighted by atomic mass is 14.9. The molecule has 0 atom stereocenters. The van der Waals surface area contributed by atoms with Gasteiger partial charge in [0.2, 0.25) is 0 Å². The molecular formula is C46H33N3. The van der Waals surface area contributed by atoms with Crippen LogP contribution in [0.3, 0.4) is 0 Å². The van der Waals surface area contributed by atoms with E-state index in [0.29, 0.717) is 12.3 Å². The predicted octanol–water partition coefficient (Wildman–Crippen LogP) is 11.6. The van der Waals surface area contributed by atoms with Gasteiger partial charge in [0.25, 0.3) is 0 Å². The maximum atomic E-state index is 5.02. The molecule has 49 heavy (non-hydrogen) atoms. The molecule has 0 N–H and O–H groups in total. The molecule has 3 nitrogen and oxygen atoms in total. The Morgan fingerprint density at radius 1 is 0.551 bits per heavy atom. The summed E-state index contributed by atoms with van der Waals surface area (Å²) in [6, 6.07) is 55.6. The number of nitrogens with zero attached hydrogens (tertiary/aromatic N) is 3. The third kappa shape index (κ3) is 6.18. The van der Waals surface area contributed by atoms with E-state index in [1.54, 1.807) is 0 Å². The van der Waals surface area contributed by atoms with Crippen molar-refractivity contribution in [3.8, 4) is 22.3 Å². The Balaban J connectivity index is 1.23. The summed E-state index contributed by atoms with van der Waals surface area (Å²) in [7, 11) is 0. The van der Waals surface area contributed by atoms with Crippen LogP contribution in [0.15, 0.2) is 186 Å². The molecule has 7 aromatic carbocycles. The minimum Gasteiger partial charge on any atom is -0.263 e. The highest BCUT2D eigenvalue weighted by Crippen LogP contribution is 2.32. The molecule has 0 unspecified atom stereocenters. The quantitative estimate of drug-likeness (QED) is 0.128. The van der Waals surface area contributed by atoms with Crippen molar-refractivity contribution in [3.63, 3.8) is 0 Å². The second-order valence-corrected chi connectivity index (χ2v) is 12.2. The Morgan fingerprint density at radius 3 is 2.12 bits per heavy atom. The second-order valence-electron chi connectivity index (χ2n) is 12.2. The number of fused-ring (bicyclic) bond motifs is 3. The van der Waals surface area contributed by atoms with Crippen molar-refractivity contribution in [2.75, 3.05) is 0 Å². The van der Waals surface area contributed by atoms with Crippen LogP contribution in [0.5, 0.6) is 0 Å². The number of aromatic nitrogens is 1. The zero-order valence-electron chi connectivity index (χ0n) is 27.0. The molecule has 0 aliphatic heterocycles. The first-order valence-corrected chi connectivity index (χ1v) is 16.5. The molecule has 0 radical (unpaired) electrons. The Kier molecular flexibility index (Phi) is 8.15. The van der Waals surface area contributed by atoms with E-state index in [0.717, 1.165) is 44.0 Å². The number of pyridine rings is 1. The fraction of sp³-hybridized carbons (Fsp3) is 0.0217. The number of rotatable bonds is 7. The summed E-state index contributed by atoms with van der Waals surface area (Å²) in [6.45, 7) is 3.91. The van der Waals surface area contributed by atoms with Gasteiger partial charge in [0, 0.05) is 35.1 Å². The van der Waals surface area contributed by atoms with Gasteiger partial charge in [0.15, 0.2) is 5.84 Å². The summed E-state index contributed by atoms with van der Waals surface area (Å²) in [5.41, 5.74) is 8.91. The lowest BCUT2D eigenvalue weighted by atomic mass is 9.93. The van der Waals surface area contributed by atoms with Gasteiger partial charge >= 0.3 is 0 Å². The number of hydrogen-bond donors (Lipinski definition) is 0. The van der Waals surface area contributed by atoms with E-state index in [4.69, 9.17) is 4.99 Å². The maximum absolute atomic E-state index is 5.02. The predicted molar refractivity (Wildman–Crippen MR) is 208 cm³/mol. The van der Waals surface area contributed by atoms with Crippen molar-refractivity contribution in [1.29, 1.82) is 0 Å². The fourth-order valence-electron chi connectivity index (χ4n) is 6.66. The Labute approximate surface area is 286 Å². The number of aliphatic imine (C=N–C) groups is 2. The molecule has 0 spiro atoms. The van der Waals surface area contributed by atoms with E-state index in [2.05, 4.69) is 156 Å². The van der Waals surface area contributed by atoms with E-state index in [9.17, 15) is 0 Å². The van der Waals surface area contributed by atoms with Gasteiger partial charge in [-0.1, -0.05) is 146 Å². The summed E-state index contributed by atoms with van der Waals surface area (Å²) in [5.74, 6) is 0.591. The van der Waals surface area contributed by atoms with E-state index in [-0.39, 0.29) is 0 Å². The van der Waals surface area contributed by atoms with Crippen molar-refractivity contribution in [3.05, 3.63) is 193 Å². The van der Waals surface area contributed by atoms with Crippen LogP contribution in [0.1, 0.15) is 16.7 Å². The summed E-state index contributed by atoms with van der Waals surface area (Å²) < 4.78 is 0. The van der Waals surface area contributed by atoms with Crippen molar-refractivity contribution in [2.24, 2.45) is 9.98 Å². The first-order valence-electron chi connectivity index (χ1n) is 16.5. The summed E-state index contributed by atoms with van der Waals surface area (Å²) in [5, 5.41) is 7.01. The van der Waals surface area contributed by atoms with Gasteiger partial charge in [0.05, 0.1) is 0 Å². The first kappa shape index (κ1) is 29.9. The number of benzene rings is 7. The monoisotopic (exact) mass is 627 g/mol. The Hall–Kier alpha value is -6.45. The van der Waals surface area contributed by atoms with Crippen LogP contribution in [0.2, 0.25) is 0 Å². The van der Waals surface area contributed by atoms with Crippen molar-refractivity contribution >= 4 is 50.4 Å². The Morgan fingerprint density at radius 2 is 1.24 bits per heavy atom. The van der Waals surface area contributed by atoms with Gasteiger partial charge in [-0.15, -0.1) is 0 Å². The maximum Gasteiger partial charge on any atom is 0.159 e. The average Bonchev–Trinajstić information content (AvgIpc) is 3.17. The van der Waals surface area contributed by atoms with Crippen molar-refractivity contribution in [1.82, 2.24) is 4.98 Å². The molecular weight excluding hydrogens is 595 g/mol. The average molecular weight is 628 g/mol. The lowest BCUT2D eigenvalue weighted by Crippen LogP contribution is -1.98. The molecule has 3 heteroatoms. The number of amidine groups is 1. The zero-order chi connectivity index (χ0) is 33.0. The fourth-order valence-corrected chi connectivity index (χ4v) is 6.66. The molecule has 1 aromatic heterocycles. The minimum atomic E-state index is 0.591. The van der Waals surface area contributed by atoms with Gasteiger partial charge in [0.1, 0.15) is 0 Å². The van der Waals surface area contributed by atoms with Crippen LogP contribution < -0.4 is 0 Å². The van der Waals surface area contributed by atoms with Gasteiger partial charge in [-0.05, 0) is 85.6 Å². The summed E-state index contributed by atoms with van der Waals surface area (Å²) >= 11 is 0. The van der Waals surface area contributed by atoms with E-state index >= 15 is 0 Å². The molecule has 0 aliphatic rings. The molecule has 232 valence electrons. The molecule has 0 bridgehead atoms. The molecule has 0 saturated heterocycles. The SMILES string of the molecule is C=N/C(=N\C=C(/Cc1cccc(-c2ccc3ccccc3c2)c1)c1cccc(-c2cncc3ccccc23)c1)c1cccc2ccccc12. The zero-order valence-corrected chi connectivity index (χ0v) is 27.0. The molecule has 8 aromatic rings. The molecule has 0 fully saturated rings. The Bertz CT molecular complexity index is 2550. The highest BCUT2D eigenvalue weighted by Gasteiger charge is 2.11. The second kappa shape index (κ2) is 13.3. The van der Waals surface area contributed by atoms with Crippen LogP contribution in [0, 0.1) is 0 Å². The molecule has 8 rings (SSSR count). The molecule has 1 heterocycles. The first-order chi connectivity index (χ1) is 24.2. The molecule has 0 amide bonds. The number of hydrogen-bond acceptors (Lipinski definition) is 2. The van der Waals surface area contributed by atoms with Crippen LogP contribution in [-0.2, 0) is 6.42 Å². The van der Waals surface area contributed by atoms with Gasteiger partial charge < -0.3 is 0 Å². The number of allylic oxidation sites excluding steroid dienone is 1. The van der Waals surface area contributed by atoms with Crippen LogP contribution in [0.4, 0.5) is 0 Å². The third-order valence-electron chi connectivity index (χ3n) is 9.14. The largest absolute Gasteiger partial charge is 0.263 e. The van der Waals surface area contributed by atoms with E-state index < -0.39 is 0 Å². The van der Waals surface area contributed by atoms with E-state index in [1.165, 1.54) is 32.8 Å². The lowest BCUT2D eigenvalue weighted by molar-refractivity contribution is 1.26. The lowest BCUT2D eigenvalue weighted by Gasteiger charge is -2.13. The normalized spacial score (nSPS) is 12.1. The topological polar surface area (TPSA) is 37.6 Å². The summed E-state index contributed by atoms with van der Waals surface area (Å²) in [4.78, 5) is 14.0. The van der Waals surface area contributed by atoms with Gasteiger partial charge in [-0.3, -0.25) is 4.98 Å². The van der Waals surface area contributed by atoms with Crippen LogP contribution in [-0.4, -0.2) is 17.5 Å². The standard InChI is InChI=1S/C46H33N3/c1-47-46(44-22-10-16-34-13-4-6-20-42(34)44)49-30-41(37-18-9-19-39(28-37)45-31-48-29-40-15-5-7-21-43(40)45)26-32-11-8-17-35(25-32)38-24-23-33-12-2-3-14-36(33)27-38/h2-25,27-31H,1,26H2/b41-30+,49-46-. The van der Waals surface area contributed by atoms with Crippen molar-refractivity contribution < 1.29 is 0 Å². The van der Waals surface area contributed by atoms with Gasteiger partial charge in [-0.25, -0.2) is 9.98 Å². The van der Waals surface area contributed by atoms with Gasteiger partial charge in [-0.2, -0.15) is 0 Å². The van der Waals surface area contributed by atoms with E-state index in [1.807, 2.05) is 36.8 Å². The van der Waals surface area contributed by atoms with Crippen LogP contribution in [0.25, 0.3) is 60.1 Å². The minimum absolute atomic E-state index is 0.591. The third-order valence-corrected chi connectivity index (χ3v) is 9.14. The molecule has 0 aliphatic carbocycles. The molecule has 0 saturated carbocycles.